The fraction of sp³-hybridized carbons (Fsp3) is 0.167. The molecule has 0 radical (unpaired) electrons. The summed E-state index contributed by atoms with van der Waals surface area (Å²) in [6.07, 6.45) is 0.448. The molecule has 86 valence electrons. The van der Waals surface area contributed by atoms with E-state index in [4.69, 9.17) is 5.73 Å². The molecule has 4 nitrogen and oxygen atoms in total. The van der Waals surface area contributed by atoms with Gasteiger partial charge >= 0.3 is 0 Å². The number of aromatic nitrogens is 1. The van der Waals surface area contributed by atoms with E-state index in [0.29, 0.717) is 11.6 Å². The fourth-order valence-electron chi connectivity index (χ4n) is 2.10. The van der Waals surface area contributed by atoms with Crippen molar-refractivity contribution in [2.75, 3.05) is 11.1 Å². The van der Waals surface area contributed by atoms with Gasteiger partial charge in [-0.15, -0.1) is 11.3 Å². The van der Waals surface area contributed by atoms with Gasteiger partial charge in [0.05, 0.1) is 12.1 Å². The van der Waals surface area contributed by atoms with E-state index in [9.17, 15) is 4.79 Å². The predicted molar refractivity (Wildman–Crippen MR) is 69.0 cm³/mol. The minimum Gasteiger partial charge on any atom is -0.375 e. The van der Waals surface area contributed by atoms with Crippen LogP contribution in [0, 0.1) is 6.92 Å². The maximum atomic E-state index is 11.4. The van der Waals surface area contributed by atoms with Crippen LogP contribution in [0.2, 0.25) is 0 Å². The van der Waals surface area contributed by atoms with Crippen molar-refractivity contribution in [3.63, 3.8) is 0 Å². The molecule has 0 bridgehead atoms. The lowest BCUT2D eigenvalue weighted by atomic mass is 10.0. The van der Waals surface area contributed by atoms with E-state index in [1.807, 2.05) is 24.4 Å². The van der Waals surface area contributed by atoms with E-state index in [2.05, 4.69) is 10.3 Å². The van der Waals surface area contributed by atoms with Gasteiger partial charge in [0, 0.05) is 16.6 Å². The summed E-state index contributed by atoms with van der Waals surface area (Å²) in [7, 11) is 0. The summed E-state index contributed by atoms with van der Waals surface area (Å²) in [5.74, 6) is 0.0537. The van der Waals surface area contributed by atoms with Gasteiger partial charge in [-0.1, -0.05) is 0 Å². The Hall–Kier alpha value is -1.88. The molecule has 2 aromatic rings. The van der Waals surface area contributed by atoms with Gasteiger partial charge in [-0.05, 0) is 30.2 Å². The Kier molecular flexibility index (Phi) is 2.16. The van der Waals surface area contributed by atoms with Gasteiger partial charge in [0.25, 0.3) is 0 Å². The van der Waals surface area contributed by atoms with Crippen molar-refractivity contribution in [3.05, 3.63) is 28.6 Å². The zero-order valence-corrected chi connectivity index (χ0v) is 10.1. The van der Waals surface area contributed by atoms with Crippen molar-refractivity contribution in [2.45, 2.75) is 13.3 Å². The van der Waals surface area contributed by atoms with E-state index < -0.39 is 0 Å². The van der Waals surface area contributed by atoms with Gasteiger partial charge in [-0.3, -0.25) is 4.79 Å². The SMILES string of the molecule is Cc1cc(-c2csc(N)n2)cc2c1NC(=O)C2. The first-order valence-corrected chi connectivity index (χ1v) is 6.16. The first-order chi connectivity index (χ1) is 8.13. The van der Waals surface area contributed by atoms with Crippen molar-refractivity contribution in [2.24, 2.45) is 0 Å². The van der Waals surface area contributed by atoms with Crippen LogP contribution < -0.4 is 11.1 Å². The number of anilines is 2. The summed E-state index contributed by atoms with van der Waals surface area (Å²) < 4.78 is 0. The Bertz CT molecular complexity index is 618. The third kappa shape index (κ3) is 1.68. The standard InChI is InChI=1S/C12H11N3OS/c1-6-2-7(9-5-17-12(13)14-9)3-8-4-10(16)15-11(6)8/h2-3,5H,4H2,1H3,(H2,13,14)(H,15,16). The zero-order chi connectivity index (χ0) is 12.0. The van der Waals surface area contributed by atoms with Gasteiger partial charge in [0.1, 0.15) is 0 Å². The van der Waals surface area contributed by atoms with Crippen molar-refractivity contribution in [1.29, 1.82) is 0 Å². The van der Waals surface area contributed by atoms with Crippen LogP contribution in [0.15, 0.2) is 17.5 Å². The topological polar surface area (TPSA) is 68.0 Å². The number of hydrogen-bond acceptors (Lipinski definition) is 4. The van der Waals surface area contributed by atoms with Crippen LogP contribution in [0.1, 0.15) is 11.1 Å². The van der Waals surface area contributed by atoms with E-state index >= 15 is 0 Å². The second kappa shape index (κ2) is 3.56. The summed E-state index contributed by atoms with van der Waals surface area (Å²) in [6, 6.07) is 4.04. The molecule has 0 aliphatic carbocycles. The normalized spacial score (nSPS) is 13.6. The Morgan fingerprint density at radius 3 is 3.00 bits per heavy atom. The van der Waals surface area contributed by atoms with Gasteiger partial charge in [0.15, 0.2) is 5.13 Å². The number of amides is 1. The molecule has 0 saturated carbocycles. The first-order valence-electron chi connectivity index (χ1n) is 5.28. The molecule has 3 rings (SSSR count). The fourth-order valence-corrected chi connectivity index (χ4v) is 2.68. The number of nitrogen functional groups attached to an aromatic ring is 1. The molecule has 0 unspecified atom stereocenters. The number of thiazole rings is 1. The highest BCUT2D eigenvalue weighted by Crippen LogP contribution is 2.33. The summed E-state index contributed by atoms with van der Waals surface area (Å²) in [5.41, 5.74) is 10.6. The largest absolute Gasteiger partial charge is 0.375 e. The van der Waals surface area contributed by atoms with Crippen LogP contribution in [-0.2, 0) is 11.2 Å². The Morgan fingerprint density at radius 2 is 2.29 bits per heavy atom. The molecule has 3 N–H and O–H groups in total. The van der Waals surface area contributed by atoms with Crippen molar-refractivity contribution < 1.29 is 4.79 Å². The van der Waals surface area contributed by atoms with Crippen LogP contribution in [0.5, 0.6) is 0 Å². The molecule has 0 spiro atoms. The number of nitrogens with two attached hydrogens (primary N) is 1. The molecular formula is C12H11N3OS. The van der Waals surface area contributed by atoms with Crippen molar-refractivity contribution in [3.8, 4) is 11.3 Å². The van der Waals surface area contributed by atoms with E-state index in [1.54, 1.807) is 0 Å². The highest BCUT2D eigenvalue weighted by atomic mass is 32.1. The maximum Gasteiger partial charge on any atom is 0.228 e. The quantitative estimate of drug-likeness (QED) is 0.809. The van der Waals surface area contributed by atoms with Crippen LogP contribution in [-0.4, -0.2) is 10.9 Å². The van der Waals surface area contributed by atoms with E-state index in [-0.39, 0.29) is 5.91 Å². The first kappa shape index (κ1) is 10.3. The lowest BCUT2D eigenvalue weighted by Crippen LogP contribution is -2.04. The Morgan fingerprint density at radius 1 is 1.47 bits per heavy atom. The third-order valence-electron chi connectivity index (χ3n) is 2.85. The smallest absolute Gasteiger partial charge is 0.228 e. The van der Waals surface area contributed by atoms with Crippen LogP contribution in [0.25, 0.3) is 11.3 Å². The minimum absolute atomic E-state index is 0.0537. The Balaban J connectivity index is 2.12. The van der Waals surface area contributed by atoms with Crippen molar-refractivity contribution >= 4 is 28.1 Å². The number of fused-ring (bicyclic) bond motifs is 1. The van der Waals surface area contributed by atoms with Crippen LogP contribution >= 0.6 is 11.3 Å². The molecule has 1 aromatic heterocycles. The molecular weight excluding hydrogens is 234 g/mol. The van der Waals surface area contributed by atoms with Gasteiger partial charge in [-0.2, -0.15) is 0 Å². The highest BCUT2D eigenvalue weighted by Gasteiger charge is 2.20. The lowest BCUT2D eigenvalue weighted by Gasteiger charge is -2.06. The van der Waals surface area contributed by atoms with E-state index in [1.165, 1.54) is 11.3 Å². The molecule has 1 aromatic carbocycles. The molecule has 2 heterocycles. The number of aryl methyl sites for hydroxylation is 1. The summed E-state index contributed by atoms with van der Waals surface area (Å²) >= 11 is 1.42. The van der Waals surface area contributed by atoms with Gasteiger partial charge in [-0.25, -0.2) is 4.98 Å². The summed E-state index contributed by atoms with van der Waals surface area (Å²) in [6.45, 7) is 1.99. The minimum atomic E-state index is 0.0537. The molecule has 5 heteroatoms. The molecule has 1 aliphatic rings. The monoisotopic (exact) mass is 245 g/mol. The molecule has 0 fully saturated rings. The Labute approximate surface area is 102 Å². The van der Waals surface area contributed by atoms with Crippen LogP contribution in [0.4, 0.5) is 10.8 Å². The van der Waals surface area contributed by atoms with Gasteiger partial charge in [0.2, 0.25) is 5.91 Å². The predicted octanol–water partition coefficient (Wildman–Crippen LogP) is 2.20. The average Bonchev–Trinajstić information content (AvgIpc) is 2.83. The number of nitrogens with one attached hydrogen (secondary N) is 1. The van der Waals surface area contributed by atoms with Gasteiger partial charge < -0.3 is 11.1 Å². The highest BCUT2D eigenvalue weighted by molar-refractivity contribution is 7.13. The van der Waals surface area contributed by atoms with Crippen LogP contribution in [0.3, 0.4) is 0 Å². The number of rotatable bonds is 1. The average molecular weight is 245 g/mol. The third-order valence-corrected chi connectivity index (χ3v) is 3.52. The second-order valence-corrected chi connectivity index (χ2v) is 5.01. The lowest BCUT2D eigenvalue weighted by molar-refractivity contribution is -0.115. The number of nitrogens with zero attached hydrogens (tertiary/aromatic N) is 1. The van der Waals surface area contributed by atoms with Crippen molar-refractivity contribution in [1.82, 2.24) is 4.98 Å². The number of carbonyl (C=O) groups excluding carboxylic acids is 1. The molecule has 0 atom stereocenters. The number of benzene rings is 1. The maximum absolute atomic E-state index is 11.4. The molecule has 1 amide bonds. The number of hydrogen-bond donors (Lipinski definition) is 2. The molecule has 17 heavy (non-hydrogen) atoms. The summed E-state index contributed by atoms with van der Waals surface area (Å²) in [4.78, 5) is 15.6. The van der Waals surface area contributed by atoms with E-state index in [0.717, 1.165) is 28.1 Å². The summed E-state index contributed by atoms with van der Waals surface area (Å²) in [5, 5.41) is 5.36. The zero-order valence-electron chi connectivity index (χ0n) is 9.28. The molecule has 0 saturated heterocycles. The molecule has 1 aliphatic heterocycles. The number of carbonyl (C=O) groups is 1. The second-order valence-electron chi connectivity index (χ2n) is 4.12.